The molecule has 1 aromatic rings. The van der Waals surface area contributed by atoms with Gasteiger partial charge in [0.15, 0.2) is 11.5 Å². The number of hydrogen-bond donors (Lipinski definition) is 0. The summed E-state index contributed by atoms with van der Waals surface area (Å²) in [5, 5.41) is 0. The van der Waals surface area contributed by atoms with E-state index in [1.165, 1.54) is 0 Å². The van der Waals surface area contributed by atoms with Crippen LogP contribution < -0.4 is 9.47 Å². The van der Waals surface area contributed by atoms with Crippen LogP contribution in [0.4, 0.5) is 0 Å². The standard InChI is InChI=1S/C14H20O3/c1-4-5-12(15)8-6-11-7-9-13(16-2)14(10-11)17-3/h7,9-10H,4-6,8H2,1-3H3. The summed E-state index contributed by atoms with van der Waals surface area (Å²) in [5.41, 5.74) is 1.10. The highest BCUT2D eigenvalue weighted by molar-refractivity contribution is 5.78. The lowest BCUT2D eigenvalue weighted by atomic mass is 10.0. The average Bonchev–Trinajstić information content (AvgIpc) is 2.36. The molecule has 1 rings (SSSR count). The topological polar surface area (TPSA) is 35.5 Å². The van der Waals surface area contributed by atoms with E-state index in [0.717, 1.165) is 24.2 Å². The molecule has 0 bridgehead atoms. The molecular weight excluding hydrogens is 216 g/mol. The smallest absolute Gasteiger partial charge is 0.160 e. The largest absolute Gasteiger partial charge is 0.493 e. The molecule has 0 aliphatic heterocycles. The monoisotopic (exact) mass is 236 g/mol. The van der Waals surface area contributed by atoms with Crippen LogP contribution in [0.2, 0.25) is 0 Å². The molecule has 17 heavy (non-hydrogen) atoms. The number of methoxy groups -OCH3 is 2. The fourth-order valence-electron chi connectivity index (χ4n) is 1.72. The summed E-state index contributed by atoms with van der Waals surface area (Å²) in [6, 6.07) is 5.77. The van der Waals surface area contributed by atoms with Gasteiger partial charge >= 0.3 is 0 Å². The summed E-state index contributed by atoms with van der Waals surface area (Å²) in [7, 11) is 3.23. The number of ether oxygens (including phenoxy) is 2. The van der Waals surface area contributed by atoms with E-state index in [0.29, 0.717) is 24.4 Å². The van der Waals surface area contributed by atoms with Gasteiger partial charge in [0.2, 0.25) is 0 Å². The van der Waals surface area contributed by atoms with Gasteiger partial charge in [-0.1, -0.05) is 13.0 Å². The Morgan fingerprint density at radius 3 is 2.41 bits per heavy atom. The fourth-order valence-corrected chi connectivity index (χ4v) is 1.72. The van der Waals surface area contributed by atoms with Crippen molar-refractivity contribution in [3.8, 4) is 11.5 Å². The van der Waals surface area contributed by atoms with E-state index < -0.39 is 0 Å². The molecule has 0 radical (unpaired) electrons. The van der Waals surface area contributed by atoms with Crippen LogP contribution in [-0.2, 0) is 11.2 Å². The Morgan fingerprint density at radius 2 is 1.82 bits per heavy atom. The van der Waals surface area contributed by atoms with Crippen molar-refractivity contribution in [1.82, 2.24) is 0 Å². The Morgan fingerprint density at radius 1 is 1.12 bits per heavy atom. The zero-order chi connectivity index (χ0) is 12.7. The Hall–Kier alpha value is -1.51. The maximum atomic E-state index is 11.4. The molecule has 0 amide bonds. The van der Waals surface area contributed by atoms with Crippen LogP contribution in [0.25, 0.3) is 0 Å². The van der Waals surface area contributed by atoms with Crippen molar-refractivity contribution in [3.05, 3.63) is 23.8 Å². The normalized spacial score (nSPS) is 10.1. The van der Waals surface area contributed by atoms with Gasteiger partial charge in [-0.05, 0) is 30.5 Å². The van der Waals surface area contributed by atoms with Gasteiger partial charge in [0.25, 0.3) is 0 Å². The van der Waals surface area contributed by atoms with E-state index >= 15 is 0 Å². The van der Waals surface area contributed by atoms with Gasteiger partial charge in [-0.25, -0.2) is 0 Å². The van der Waals surface area contributed by atoms with Crippen LogP contribution in [0.15, 0.2) is 18.2 Å². The summed E-state index contributed by atoms with van der Waals surface area (Å²) >= 11 is 0. The average molecular weight is 236 g/mol. The minimum Gasteiger partial charge on any atom is -0.493 e. The third-order valence-corrected chi connectivity index (χ3v) is 2.67. The van der Waals surface area contributed by atoms with E-state index in [9.17, 15) is 4.79 Å². The lowest BCUT2D eigenvalue weighted by molar-refractivity contribution is -0.119. The summed E-state index contributed by atoms with van der Waals surface area (Å²) < 4.78 is 10.4. The van der Waals surface area contributed by atoms with Crippen molar-refractivity contribution in [2.45, 2.75) is 32.6 Å². The van der Waals surface area contributed by atoms with Crippen molar-refractivity contribution in [3.63, 3.8) is 0 Å². The zero-order valence-corrected chi connectivity index (χ0v) is 10.8. The third-order valence-electron chi connectivity index (χ3n) is 2.67. The lowest BCUT2D eigenvalue weighted by Gasteiger charge is -2.09. The quantitative estimate of drug-likeness (QED) is 0.730. The molecule has 0 saturated carbocycles. The first-order chi connectivity index (χ1) is 8.21. The van der Waals surface area contributed by atoms with Crippen molar-refractivity contribution in [1.29, 1.82) is 0 Å². The summed E-state index contributed by atoms with van der Waals surface area (Å²) in [5.74, 6) is 1.76. The summed E-state index contributed by atoms with van der Waals surface area (Å²) in [6.07, 6.45) is 2.96. The molecule has 1 aromatic carbocycles. The third kappa shape index (κ3) is 4.10. The highest BCUT2D eigenvalue weighted by Gasteiger charge is 2.06. The molecule has 0 aliphatic carbocycles. The molecule has 0 N–H and O–H groups in total. The van der Waals surface area contributed by atoms with E-state index in [4.69, 9.17) is 9.47 Å². The summed E-state index contributed by atoms with van der Waals surface area (Å²) in [6.45, 7) is 2.02. The maximum absolute atomic E-state index is 11.4. The van der Waals surface area contributed by atoms with Gasteiger partial charge in [-0.2, -0.15) is 0 Å². The number of benzene rings is 1. The van der Waals surface area contributed by atoms with Crippen molar-refractivity contribution in [2.75, 3.05) is 14.2 Å². The molecule has 0 aliphatic rings. The van der Waals surface area contributed by atoms with Gasteiger partial charge < -0.3 is 9.47 Å². The van der Waals surface area contributed by atoms with Crippen LogP contribution in [0.3, 0.4) is 0 Å². The van der Waals surface area contributed by atoms with E-state index in [2.05, 4.69) is 0 Å². The van der Waals surface area contributed by atoms with Crippen molar-refractivity contribution < 1.29 is 14.3 Å². The number of carbonyl (C=O) groups excluding carboxylic acids is 1. The number of aryl methyl sites for hydroxylation is 1. The first kappa shape index (κ1) is 13.6. The molecule has 94 valence electrons. The van der Waals surface area contributed by atoms with Gasteiger partial charge in [-0.3, -0.25) is 4.79 Å². The predicted molar refractivity (Wildman–Crippen MR) is 67.8 cm³/mol. The lowest BCUT2D eigenvalue weighted by Crippen LogP contribution is -2.00. The fraction of sp³-hybridized carbons (Fsp3) is 0.500. The van der Waals surface area contributed by atoms with Gasteiger partial charge in [0.05, 0.1) is 14.2 Å². The Bertz CT molecular complexity index is 372. The second kappa shape index (κ2) is 6.94. The molecule has 0 fully saturated rings. The minimum absolute atomic E-state index is 0.322. The van der Waals surface area contributed by atoms with Gasteiger partial charge in [0.1, 0.15) is 5.78 Å². The number of rotatable bonds is 7. The zero-order valence-electron chi connectivity index (χ0n) is 10.8. The molecule has 0 saturated heterocycles. The van der Waals surface area contributed by atoms with Crippen LogP contribution in [-0.4, -0.2) is 20.0 Å². The van der Waals surface area contributed by atoms with Crippen LogP contribution in [0.5, 0.6) is 11.5 Å². The summed E-state index contributed by atoms with van der Waals surface area (Å²) in [4.78, 5) is 11.4. The Balaban J connectivity index is 2.63. The maximum Gasteiger partial charge on any atom is 0.160 e. The molecule has 0 atom stereocenters. The molecule has 0 unspecified atom stereocenters. The van der Waals surface area contributed by atoms with Crippen molar-refractivity contribution >= 4 is 5.78 Å². The SMILES string of the molecule is CCCC(=O)CCc1ccc(OC)c(OC)c1. The molecule has 0 spiro atoms. The molecule has 3 heteroatoms. The number of hydrogen-bond acceptors (Lipinski definition) is 3. The first-order valence-corrected chi connectivity index (χ1v) is 5.93. The van der Waals surface area contributed by atoms with E-state index in [-0.39, 0.29) is 0 Å². The Labute approximate surface area is 103 Å². The number of ketones is 1. The second-order valence-electron chi connectivity index (χ2n) is 3.98. The first-order valence-electron chi connectivity index (χ1n) is 5.93. The number of carbonyl (C=O) groups is 1. The molecule has 0 heterocycles. The second-order valence-corrected chi connectivity index (χ2v) is 3.98. The molecule has 0 aromatic heterocycles. The highest BCUT2D eigenvalue weighted by atomic mass is 16.5. The molecular formula is C14H20O3. The van der Waals surface area contributed by atoms with Gasteiger partial charge in [0, 0.05) is 12.8 Å². The highest BCUT2D eigenvalue weighted by Crippen LogP contribution is 2.27. The Kier molecular flexibility index (Phi) is 5.53. The van der Waals surface area contributed by atoms with Crippen molar-refractivity contribution in [2.24, 2.45) is 0 Å². The van der Waals surface area contributed by atoms with Crippen LogP contribution in [0.1, 0.15) is 31.7 Å². The molecule has 3 nitrogen and oxygen atoms in total. The van der Waals surface area contributed by atoms with E-state index in [1.807, 2.05) is 25.1 Å². The van der Waals surface area contributed by atoms with E-state index in [1.54, 1.807) is 14.2 Å². The minimum atomic E-state index is 0.322. The van der Waals surface area contributed by atoms with Crippen LogP contribution >= 0.6 is 0 Å². The van der Waals surface area contributed by atoms with Gasteiger partial charge in [-0.15, -0.1) is 0 Å². The number of Topliss-reactive ketones (excluding diaryl/α,β-unsaturated/α-hetero) is 1. The predicted octanol–water partition coefficient (Wildman–Crippen LogP) is 3.01. The van der Waals surface area contributed by atoms with Crippen LogP contribution in [0, 0.1) is 0 Å².